The van der Waals surface area contributed by atoms with E-state index >= 15 is 0 Å². The van der Waals surface area contributed by atoms with Gasteiger partial charge in [0.15, 0.2) is 17.9 Å². The average Bonchev–Trinajstić information content (AvgIpc) is 2.77. The van der Waals surface area contributed by atoms with Crippen molar-refractivity contribution in [3.63, 3.8) is 0 Å². The Labute approximate surface area is 197 Å². The molecule has 186 valence electrons. The van der Waals surface area contributed by atoms with Crippen LogP contribution in [0.4, 0.5) is 5.69 Å². The topological polar surface area (TPSA) is 157 Å². The summed E-state index contributed by atoms with van der Waals surface area (Å²) in [6.45, 7) is 8.04. The molecule has 2 amide bonds. The van der Waals surface area contributed by atoms with Crippen molar-refractivity contribution in [2.24, 2.45) is 11.8 Å². The van der Waals surface area contributed by atoms with Crippen LogP contribution in [0, 0.1) is 11.8 Å². The molecular formula is C23H30N2O9. The largest absolute Gasteiger partial charge is 0.505 e. The summed E-state index contributed by atoms with van der Waals surface area (Å²) in [5.74, 6) is -4.48. The van der Waals surface area contributed by atoms with E-state index in [-0.39, 0.29) is 23.6 Å². The molecule has 2 rings (SSSR count). The quantitative estimate of drug-likeness (QED) is 0.229. The molecule has 3 N–H and O–H groups in total. The van der Waals surface area contributed by atoms with Gasteiger partial charge in [-0.3, -0.25) is 19.2 Å². The summed E-state index contributed by atoms with van der Waals surface area (Å²) < 4.78 is 16.2. The summed E-state index contributed by atoms with van der Waals surface area (Å²) in [6.07, 6.45) is -2.78. The summed E-state index contributed by atoms with van der Waals surface area (Å²) in [6, 6.07) is 2.67. The third-order valence-electron chi connectivity index (χ3n) is 5.28. The van der Waals surface area contributed by atoms with Crippen LogP contribution in [0.15, 0.2) is 18.2 Å². The number of carbonyl (C=O) groups excluding carboxylic acids is 5. The molecule has 0 aromatic heterocycles. The van der Waals surface area contributed by atoms with Crippen molar-refractivity contribution in [1.82, 2.24) is 5.32 Å². The molecular weight excluding hydrogens is 448 g/mol. The van der Waals surface area contributed by atoms with E-state index in [9.17, 15) is 29.1 Å². The van der Waals surface area contributed by atoms with Crippen LogP contribution in [-0.2, 0) is 33.4 Å². The summed E-state index contributed by atoms with van der Waals surface area (Å²) in [7, 11) is 0. The zero-order valence-electron chi connectivity index (χ0n) is 19.7. The molecule has 34 heavy (non-hydrogen) atoms. The van der Waals surface area contributed by atoms with Gasteiger partial charge in [0, 0.05) is 6.42 Å². The van der Waals surface area contributed by atoms with Gasteiger partial charge in [0.25, 0.3) is 5.91 Å². The van der Waals surface area contributed by atoms with E-state index in [1.807, 2.05) is 13.8 Å². The number of aromatic hydroxyl groups is 1. The van der Waals surface area contributed by atoms with Gasteiger partial charge in [0.2, 0.25) is 6.41 Å². The van der Waals surface area contributed by atoms with Gasteiger partial charge in [0.05, 0.1) is 17.2 Å². The number of amides is 2. The van der Waals surface area contributed by atoms with Crippen molar-refractivity contribution >= 4 is 35.9 Å². The van der Waals surface area contributed by atoms with E-state index in [1.165, 1.54) is 39.0 Å². The Morgan fingerprint density at radius 2 is 1.76 bits per heavy atom. The number of esters is 3. The number of carbonyl (C=O) groups is 5. The van der Waals surface area contributed by atoms with Crippen LogP contribution in [0.5, 0.6) is 5.75 Å². The second kappa shape index (κ2) is 11.5. The predicted molar refractivity (Wildman–Crippen MR) is 119 cm³/mol. The fourth-order valence-electron chi connectivity index (χ4n) is 3.45. The smallest absolute Gasteiger partial charge is 0.332 e. The van der Waals surface area contributed by atoms with Crippen LogP contribution in [-0.4, -0.2) is 59.7 Å². The first kappa shape index (κ1) is 26.6. The molecule has 1 aliphatic heterocycles. The van der Waals surface area contributed by atoms with Gasteiger partial charge >= 0.3 is 17.9 Å². The fourth-order valence-corrected chi connectivity index (χ4v) is 3.45. The summed E-state index contributed by atoms with van der Waals surface area (Å²) in [4.78, 5) is 61.3. The first-order valence-corrected chi connectivity index (χ1v) is 10.9. The minimum absolute atomic E-state index is 0.00679. The highest BCUT2D eigenvalue weighted by Crippen LogP contribution is 2.27. The first-order valence-electron chi connectivity index (χ1n) is 10.9. The molecule has 1 aromatic carbocycles. The maximum absolute atomic E-state index is 12.9. The maximum atomic E-state index is 12.9. The van der Waals surface area contributed by atoms with Gasteiger partial charge < -0.3 is 30.0 Å². The van der Waals surface area contributed by atoms with E-state index < -0.39 is 59.8 Å². The van der Waals surface area contributed by atoms with Crippen molar-refractivity contribution < 1.29 is 43.3 Å². The first-order chi connectivity index (χ1) is 16.0. The number of benzene rings is 1. The van der Waals surface area contributed by atoms with Gasteiger partial charge in [-0.05, 0) is 38.8 Å². The predicted octanol–water partition coefficient (Wildman–Crippen LogP) is 1.53. The number of phenols is 1. The number of hydrogen-bond acceptors (Lipinski definition) is 9. The van der Waals surface area contributed by atoms with Gasteiger partial charge in [-0.25, -0.2) is 4.79 Å². The Kier molecular flexibility index (Phi) is 8.99. The van der Waals surface area contributed by atoms with Crippen LogP contribution in [0.2, 0.25) is 0 Å². The lowest BCUT2D eigenvalue weighted by atomic mass is 10.00. The molecule has 1 aromatic rings. The molecule has 11 nitrogen and oxygen atoms in total. The molecule has 5 atom stereocenters. The lowest BCUT2D eigenvalue weighted by molar-refractivity contribution is -0.174. The highest BCUT2D eigenvalue weighted by atomic mass is 16.6. The molecule has 1 saturated heterocycles. The standard InChI is InChI=1S/C23H30N2O9/c1-11(2)9-17(27)34-20-12(3)22(30)32-13(4)18(23(31)33-14(20)5)25-21(29)15-7-6-8-16(19(15)28)24-10-26/h6-8,10-14,18,20,28H,9H2,1-5H3,(H,24,26)(H,25,29)/t12-,13-,14+,18+,20-/m1/s1. The number of phenolic OH excluding ortho intramolecular Hbond substituents is 1. The third-order valence-corrected chi connectivity index (χ3v) is 5.28. The third kappa shape index (κ3) is 6.46. The minimum atomic E-state index is -1.42. The van der Waals surface area contributed by atoms with Crippen molar-refractivity contribution in [3.8, 4) is 5.75 Å². The second-order valence-corrected chi connectivity index (χ2v) is 8.54. The SMILES string of the molecule is CC(C)CC(=O)O[C@H]1[C@H](C)OC(=O)[C@@H](NC(=O)c2cccc(NC=O)c2O)[C@@H](C)OC(=O)[C@@H]1C. The Bertz CT molecular complexity index is 946. The molecule has 1 heterocycles. The molecule has 0 radical (unpaired) electrons. The Morgan fingerprint density at radius 3 is 2.38 bits per heavy atom. The van der Waals surface area contributed by atoms with Gasteiger partial charge in [-0.1, -0.05) is 19.9 Å². The van der Waals surface area contributed by atoms with Crippen LogP contribution in [0.25, 0.3) is 0 Å². The fraction of sp³-hybridized carbons (Fsp3) is 0.522. The van der Waals surface area contributed by atoms with E-state index in [1.54, 1.807) is 0 Å². The van der Waals surface area contributed by atoms with Crippen LogP contribution in [0.3, 0.4) is 0 Å². The molecule has 0 unspecified atom stereocenters. The van der Waals surface area contributed by atoms with Gasteiger partial charge in [0.1, 0.15) is 12.2 Å². The van der Waals surface area contributed by atoms with Crippen molar-refractivity contribution in [1.29, 1.82) is 0 Å². The van der Waals surface area contributed by atoms with E-state index in [0.29, 0.717) is 6.41 Å². The number of hydrogen-bond donors (Lipinski definition) is 3. The number of nitrogens with one attached hydrogen (secondary N) is 2. The minimum Gasteiger partial charge on any atom is -0.505 e. The lowest BCUT2D eigenvalue weighted by Crippen LogP contribution is -2.50. The van der Waals surface area contributed by atoms with Gasteiger partial charge in [-0.15, -0.1) is 0 Å². The number of rotatable bonds is 7. The van der Waals surface area contributed by atoms with Crippen LogP contribution >= 0.6 is 0 Å². The monoisotopic (exact) mass is 478 g/mol. The Hall–Kier alpha value is -3.63. The summed E-state index contributed by atoms with van der Waals surface area (Å²) >= 11 is 0. The van der Waals surface area contributed by atoms with Crippen molar-refractivity contribution in [2.45, 2.75) is 65.4 Å². The normalized spacial score (nSPS) is 25.2. The summed E-state index contributed by atoms with van der Waals surface area (Å²) in [5.41, 5.74) is -0.229. The number of ether oxygens (including phenoxy) is 3. The number of cyclic esters (lactones) is 2. The lowest BCUT2D eigenvalue weighted by Gasteiger charge is -2.27. The number of anilines is 1. The molecule has 1 aliphatic rings. The summed E-state index contributed by atoms with van der Waals surface area (Å²) in [5, 5.41) is 14.9. The van der Waals surface area contributed by atoms with Crippen molar-refractivity contribution in [2.75, 3.05) is 5.32 Å². The van der Waals surface area contributed by atoms with E-state index in [0.717, 1.165) is 0 Å². The molecule has 0 aliphatic carbocycles. The molecule has 11 heteroatoms. The highest BCUT2D eigenvalue weighted by Gasteiger charge is 2.42. The van der Waals surface area contributed by atoms with Crippen molar-refractivity contribution in [3.05, 3.63) is 23.8 Å². The molecule has 0 bridgehead atoms. The molecule has 0 saturated carbocycles. The van der Waals surface area contributed by atoms with Crippen LogP contribution in [0.1, 0.15) is 51.4 Å². The Morgan fingerprint density at radius 1 is 1.12 bits per heavy atom. The number of para-hydroxylation sites is 1. The highest BCUT2D eigenvalue weighted by molar-refractivity contribution is 6.01. The van der Waals surface area contributed by atoms with Crippen LogP contribution < -0.4 is 10.6 Å². The van der Waals surface area contributed by atoms with Gasteiger partial charge in [-0.2, -0.15) is 0 Å². The second-order valence-electron chi connectivity index (χ2n) is 8.54. The average molecular weight is 478 g/mol. The maximum Gasteiger partial charge on any atom is 0.332 e. The molecule has 1 fully saturated rings. The zero-order valence-corrected chi connectivity index (χ0v) is 19.7. The zero-order chi connectivity index (χ0) is 25.6. The van der Waals surface area contributed by atoms with E-state index in [2.05, 4.69) is 10.6 Å². The Balaban J connectivity index is 2.26. The molecule has 0 spiro atoms. The van der Waals surface area contributed by atoms with E-state index in [4.69, 9.17) is 14.2 Å².